The number of nitrogens with zero attached hydrogens (tertiary/aromatic N) is 4. The van der Waals surface area contributed by atoms with Crippen LogP contribution in [0.15, 0.2) is 149 Å². The van der Waals surface area contributed by atoms with Gasteiger partial charge in [0.1, 0.15) is 11.2 Å². The van der Waals surface area contributed by atoms with E-state index in [0.717, 1.165) is 65.4 Å². The summed E-state index contributed by atoms with van der Waals surface area (Å²) in [5, 5.41) is 2.09. The summed E-state index contributed by atoms with van der Waals surface area (Å²) >= 11 is 3.74. The van der Waals surface area contributed by atoms with Crippen LogP contribution in [0.3, 0.4) is 0 Å². The average Bonchev–Trinajstić information content (AvgIpc) is 3.47. The number of rotatable bonds is 5. The molecule has 44 heavy (non-hydrogen) atoms. The van der Waals surface area contributed by atoms with Gasteiger partial charge in [-0.2, -0.15) is 0 Å². The highest BCUT2D eigenvalue weighted by Crippen LogP contribution is 2.34. The zero-order chi connectivity index (χ0) is 29.5. The van der Waals surface area contributed by atoms with E-state index in [4.69, 9.17) is 19.4 Å². The molecular formula is C38H23BrN4O. The van der Waals surface area contributed by atoms with E-state index < -0.39 is 0 Å². The van der Waals surface area contributed by atoms with Crippen LogP contribution in [0, 0.1) is 0 Å². The van der Waals surface area contributed by atoms with Gasteiger partial charge in [0, 0.05) is 44.3 Å². The van der Waals surface area contributed by atoms with Crippen molar-refractivity contribution >= 4 is 37.9 Å². The monoisotopic (exact) mass is 630 g/mol. The average molecular weight is 632 g/mol. The molecular weight excluding hydrogens is 608 g/mol. The Labute approximate surface area is 262 Å². The Balaban J connectivity index is 1.25. The number of pyridine rings is 1. The van der Waals surface area contributed by atoms with Gasteiger partial charge in [-0.05, 0) is 70.8 Å². The minimum atomic E-state index is 0.598. The lowest BCUT2D eigenvalue weighted by molar-refractivity contribution is 0.669. The molecule has 0 fully saturated rings. The molecule has 3 heterocycles. The molecule has 0 aliphatic heterocycles. The predicted molar refractivity (Wildman–Crippen MR) is 180 cm³/mol. The highest BCUT2D eigenvalue weighted by atomic mass is 79.9. The lowest BCUT2D eigenvalue weighted by atomic mass is 9.99. The van der Waals surface area contributed by atoms with Crippen molar-refractivity contribution in [1.29, 1.82) is 0 Å². The molecule has 208 valence electrons. The van der Waals surface area contributed by atoms with Crippen molar-refractivity contribution in [2.75, 3.05) is 0 Å². The van der Waals surface area contributed by atoms with Crippen LogP contribution in [0.25, 0.3) is 78.4 Å². The summed E-state index contributed by atoms with van der Waals surface area (Å²) in [5.41, 5.74) is 8.75. The summed E-state index contributed by atoms with van der Waals surface area (Å²) in [6, 6.07) is 43.0. The second-order valence-electron chi connectivity index (χ2n) is 10.5. The van der Waals surface area contributed by atoms with Crippen LogP contribution in [0.5, 0.6) is 0 Å². The fourth-order valence-electron chi connectivity index (χ4n) is 5.49. The number of hydrogen-bond acceptors (Lipinski definition) is 5. The van der Waals surface area contributed by atoms with Gasteiger partial charge in [0.2, 0.25) is 0 Å². The Morgan fingerprint density at radius 1 is 0.432 bits per heavy atom. The number of furan rings is 1. The zero-order valence-corrected chi connectivity index (χ0v) is 24.9. The van der Waals surface area contributed by atoms with Crippen molar-refractivity contribution in [3.05, 3.63) is 144 Å². The molecule has 0 aliphatic carbocycles. The maximum absolute atomic E-state index is 6.07. The zero-order valence-electron chi connectivity index (χ0n) is 23.4. The Bertz CT molecular complexity index is 2280. The van der Waals surface area contributed by atoms with E-state index in [1.54, 1.807) is 6.20 Å². The molecule has 0 bridgehead atoms. The van der Waals surface area contributed by atoms with E-state index in [9.17, 15) is 0 Å². The quantitative estimate of drug-likeness (QED) is 0.189. The van der Waals surface area contributed by atoms with E-state index in [2.05, 4.69) is 75.5 Å². The van der Waals surface area contributed by atoms with Crippen molar-refractivity contribution in [3.63, 3.8) is 0 Å². The molecule has 0 aliphatic rings. The maximum atomic E-state index is 6.07. The van der Waals surface area contributed by atoms with Crippen LogP contribution in [-0.2, 0) is 0 Å². The van der Waals surface area contributed by atoms with Gasteiger partial charge in [-0.3, -0.25) is 4.98 Å². The number of fused-ring (bicyclic) bond motifs is 3. The third kappa shape index (κ3) is 4.95. The molecule has 5 aromatic carbocycles. The minimum Gasteiger partial charge on any atom is -0.456 e. The fraction of sp³-hybridized carbons (Fsp3) is 0. The van der Waals surface area contributed by atoms with Gasteiger partial charge in [-0.15, -0.1) is 0 Å². The van der Waals surface area contributed by atoms with E-state index in [0.29, 0.717) is 17.5 Å². The molecule has 0 N–H and O–H groups in total. The van der Waals surface area contributed by atoms with Crippen LogP contribution >= 0.6 is 15.9 Å². The molecule has 0 unspecified atom stereocenters. The van der Waals surface area contributed by atoms with Crippen molar-refractivity contribution in [3.8, 4) is 56.4 Å². The number of para-hydroxylation sites is 1. The van der Waals surface area contributed by atoms with Gasteiger partial charge >= 0.3 is 0 Å². The third-order valence-corrected chi connectivity index (χ3v) is 8.13. The van der Waals surface area contributed by atoms with Gasteiger partial charge in [0.15, 0.2) is 17.5 Å². The highest BCUT2D eigenvalue weighted by molar-refractivity contribution is 9.10. The molecule has 5 nitrogen and oxygen atoms in total. The number of benzene rings is 5. The van der Waals surface area contributed by atoms with Gasteiger partial charge in [0.05, 0.1) is 0 Å². The van der Waals surface area contributed by atoms with Crippen molar-refractivity contribution in [1.82, 2.24) is 19.9 Å². The third-order valence-electron chi connectivity index (χ3n) is 7.67. The van der Waals surface area contributed by atoms with Crippen molar-refractivity contribution < 1.29 is 4.42 Å². The van der Waals surface area contributed by atoms with Crippen molar-refractivity contribution in [2.24, 2.45) is 0 Å². The van der Waals surface area contributed by atoms with Crippen LogP contribution in [0.4, 0.5) is 0 Å². The number of hydrogen-bond donors (Lipinski definition) is 0. The fourth-order valence-corrected chi connectivity index (χ4v) is 5.98. The van der Waals surface area contributed by atoms with Gasteiger partial charge in [-0.25, -0.2) is 15.0 Å². The normalized spacial score (nSPS) is 11.3. The molecule has 6 heteroatoms. The summed E-state index contributed by atoms with van der Waals surface area (Å²) in [6.45, 7) is 0. The topological polar surface area (TPSA) is 64.7 Å². The molecule has 0 atom stereocenters. The van der Waals surface area contributed by atoms with Crippen LogP contribution in [-0.4, -0.2) is 19.9 Å². The van der Waals surface area contributed by atoms with Crippen LogP contribution in [0.1, 0.15) is 0 Å². The molecule has 0 spiro atoms. The summed E-state index contributed by atoms with van der Waals surface area (Å²) < 4.78 is 7.01. The smallest absolute Gasteiger partial charge is 0.164 e. The number of halogens is 1. The maximum Gasteiger partial charge on any atom is 0.164 e. The summed E-state index contributed by atoms with van der Waals surface area (Å²) in [6.07, 6.45) is 3.66. The summed E-state index contributed by atoms with van der Waals surface area (Å²) in [4.78, 5) is 19.2. The lowest BCUT2D eigenvalue weighted by Gasteiger charge is -2.11. The van der Waals surface area contributed by atoms with E-state index in [1.165, 1.54) is 0 Å². The highest BCUT2D eigenvalue weighted by Gasteiger charge is 2.16. The number of aromatic nitrogens is 4. The van der Waals surface area contributed by atoms with Gasteiger partial charge < -0.3 is 4.42 Å². The lowest BCUT2D eigenvalue weighted by Crippen LogP contribution is -2.00. The Hall–Kier alpha value is -5.46. The van der Waals surface area contributed by atoms with Gasteiger partial charge in [-0.1, -0.05) is 94.8 Å². The van der Waals surface area contributed by atoms with E-state index >= 15 is 0 Å². The molecule has 0 radical (unpaired) electrons. The first-order valence-electron chi connectivity index (χ1n) is 14.2. The molecule has 3 aromatic heterocycles. The molecule has 0 saturated heterocycles. The molecule has 0 saturated carbocycles. The summed E-state index contributed by atoms with van der Waals surface area (Å²) in [7, 11) is 0. The molecule has 0 amide bonds. The first kappa shape index (κ1) is 26.2. The predicted octanol–water partition coefficient (Wildman–Crippen LogP) is 10.3. The van der Waals surface area contributed by atoms with Crippen molar-refractivity contribution in [2.45, 2.75) is 0 Å². The second-order valence-corrected chi connectivity index (χ2v) is 11.4. The first-order chi connectivity index (χ1) is 21.7. The van der Waals surface area contributed by atoms with Gasteiger partial charge in [0.25, 0.3) is 0 Å². The molecule has 8 rings (SSSR count). The largest absolute Gasteiger partial charge is 0.456 e. The standard InChI is InChI=1S/C38H23BrN4O/c39-31-20-29(25-14-12-24(13-15-25)28-9-6-18-40-23-28)19-30(21-31)38-42-36(26-7-2-1-3-8-26)41-37(43-38)27-16-17-35-33(22-27)32-10-4-5-11-34(32)44-35/h1-23H. The van der Waals surface area contributed by atoms with Crippen LogP contribution in [0.2, 0.25) is 0 Å². The minimum absolute atomic E-state index is 0.598. The Morgan fingerprint density at radius 2 is 1.05 bits per heavy atom. The summed E-state index contributed by atoms with van der Waals surface area (Å²) in [5.74, 6) is 1.81. The first-order valence-corrected chi connectivity index (χ1v) is 15.0. The van der Waals surface area contributed by atoms with E-state index in [-0.39, 0.29) is 0 Å². The Kier molecular flexibility index (Phi) is 6.54. The van der Waals surface area contributed by atoms with E-state index in [1.807, 2.05) is 79.0 Å². The molecule has 8 aromatic rings. The van der Waals surface area contributed by atoms with Crippen LogP contribution < -0.4 is 0 Å². The second kappa shape index (κ2) is 11.0. The SMILES string of the molecule is Brc1cc(-c2ccc(-c3cccnc3)cc2)cc(-c2nc(-c3ccccc3)nc(-c3ccc4oc5ccccc5c4c3)n2)c1. The Morgan fingerprint density at radius 3 is 1.82 bits per heavy atom.